The summed E-state index contributed by atoms with van der Waals surface area (Å²) >= 11 is 0. The van der Waals surface area contributed by atoms with Gasteiger partial charge >= 0.3 is 0 Å². The molecular formula is C13H20N6O. The van der Waals surface area contributed by atoms with Crippen LogP contribution in [0, 0.1) is 17.2 Å². The highest BCUT2D eigenvalue weighted by Crippen LogP contribution is 2.13. The van der Waals surface area contributed by atoms with Crippen LogP contribution in [-0.2, 0) is 0 Å². The van der Waals surface area contributed by atoms with Crippen LogP contribution in [0.1, 0.15) is 36.7 Å². The van der Waals surface area contributed by atoms with Crippen LogP contribution in [0.25, 0.3) is 0 Å². The minimum atomic E-state index is -0.374. The zero-order chi connectivity index (χ0) is 14.8. The van der Waals surface area contributed by atoms with Crippen molar-refractivity contribution in [2.45, 2.75) is 32.2 Å². The van der Waals surface area contributed by atoms with E-state index in [1.54, 1.807) is 6.07 Å². The Balaban J connectivity index is 2.70. The van der Waals surface area contributed by atoms with E-state index in [-0.39, 0.29) is 17.5 Å². The highest BCUT2D eigenvalue weighted by atomic mass is 16.1. The summed E-state index contributed by atoms with van der Waals surface area (Å²) in [6.45, 7) is 3.12. The Bertz CT molecular complexity index is 444. The van der Waals surface area contributed by atoms with E-state index in [0.717, 1.165) is 6.42 Å². The van der Waals surface area contributed by atoms with Crippen LogP contribution in [0.4, 0.5) is 0 Å². The molecule has 108 valence electrons. The molecule has 7 heteroatoms. The number of nitriles is 1. The second kappa shape index (κ2) is 9.07. The molecule has 0 radical (unpaired) electrons. The largest absolute Gasteiger partial charge is 0.330 e. The highest BCUT2D eigenvalue weighted by molar-refractivity contribution is 5.98. The van der Waals surface area contributed by atoms with Crippen molar-refractivity contribution in [2.75, 3.05) is 13.1 Å². The van der Waals surface area contributed by atoms with Gasteiger partial charge in [0.2, 0.25) is 0 Å². The summed E-state index contributed by atoms with van der Waals surface area (Å²) in [6, 6.07) is 3.22. The molecule has 1 heterocycles. The van der Waals surface area contributed by atoms with Gasteiger partial charge in [0.25, 0.3) is 0 Å². The molecule has 0 aliphatic carbocycles. The Labute approximate surface area is 118 Å². The van der Waals surface area contributed by atoms with Crippen LogP contribution in [-0.4, -0.2) is 40.3 Å². The first kappa shape index (κ1) is 16.1. The van der Waals surface area contributed by atoms with Gasteiger partial charge in [-0.2, -0.15) is 5.26 Å². The first-order chi connectivity index (χ1) is 9.69. The van der Waals surface area contributed by atoms with Gasteiger partial charge in [-0.3, -0.25) is 4.79 Å². The Morgan fingerprint density at radius 3 is 3.00 bits per heavy atom. The van der Waals surface area contributed by atoms with Crippen molar-refractivity contribution in [2.24, 2.45) is 11.7 Å². The van der Waals surface area contributed by atoms with Crippen molar-refractivity contribution >= 4 is 5.78 Å². The number of rotatable bonds is 9. The van der Waals surface area contributed by atoms with Crippen LogP contribution in [0.5, 0.6) is 0 Å². The average Bonchev–Trinajstić information content (AvgIpc) is 2.47. The number of nitrogens with zero attached hydrogens (tertiary/aromatic N) is 4. The van der Waals surface area contributed by atoms with Crippen molar-refractivity contribution in [3.63, 3.8) is 0 Å². The molecule has 1 aromatic heterocycles. The van der Waals surface area contributed by atoms with Crippen LogP contribution in [0.3, 0.4) is 0 Å². The fourth-order valence-electron chi connectivity index (χ4n) is 1.94. The third-order valence-corrected chi connectivity index (χ3v) is 3.00. The molecule has 3 N–H and O–H groups in total. The molecule has 0 spiro atoms. The maximum absolute atomic E-state index is 12.4. The lowest BCUT2D eigenvalue weighted by Gasteiger charge is -2.20. The molecule has 0 saturated carbocycles. The predicted octanol–water partition coefficient (Wildman–Crippen LogP) is 0.301. The lowest BCUT2D eigenvalue weighted by molar-refractivity contribution is 0.0922. The van der Waals surface area contributed by atoms with Gasteiger partial charge < -0.3 is 11.1 Å². The molecule has 20 heavy (non-hydrogen) atoms. The summed E-state index contributed by atoms with van der Waals surface area (Å²) in [5, 5.41) is 22.5. The monoisotopic (exact) mass is 276 g/mol. The molecule has 0 aliphatic rings. The van der Waals surface area contributed by atoms with E-state index in [1.165, 1.54) is 6.20 Å². The average molecular weight is 276 g/mol. The van der Waals surface area contributed by atoms with Crippen LogP contribution in [0.2, 0.25) is 0 Å². The van der Waals surface area contributed by atoms with E-state index < -0.39 is 0 Å². The van der Waals surface area contributed by atoms with Crippen molar-refractivity contribution in [1.29, 1.82) is 5.26 Å². The second-order valence-electron chi connectivity index (χ2n) is 4.70. The van der Waals surface area contributed by atoms with Crippen LogP contribution in [0.15, 0.2) is 12.3 Å². The van der Waals surface area contributed by atoms with Gasteiger partial charge in [0.15, 0.2) is 5.78 Å². The number of nitrogens with one attached hydrogen (secondary N) is 1. The molecule has 0 amide bonds. The summed E-state index contributed by atoms with van der Waals surface area (Å²) in [4.78, 5) is 12.4. The molecule has 7 nitrogen and oxygen atoms in total. The number of carbonyl (C=O) groups is 1. The highest BCUT2D eigenvalue weighted by Gasteiger charge is 2.23. The Morgan fingerprint density at radius 1 is 1.60 bits per heavy atom. The summed E-state index contributed by atoms with van der Waals surface area (Å²) in [7, 11) is 0. The van der Waals surface area contributed by atoms with Crippen LogP contribution >= 0.6 is 0 Å². The van der Waals surface area contributed by atoms with Gasteiger partial charge in [-0.1, -0.05) is 6.92 Å². The van der Waals surface area contributed by atoms with E-state index in [4.69, 9.17) is 11.0 Å². The van der Waals surface area contributed by atoms with Gasteiger partial charge in [-0.25, -0.2) is 0 Å². The maximum Gasteiger partial charge on any atom is 0.200 e. The third-order valence-electron chi connectivity index (χ3n) is 3.00. The fourth-order valence-corrected chi connectivity index (χ4v) is 1.94. The molecule has 1 unspecified atom stereocenters. The summed E-state index contributed by atoms with van der Waals surface area (Å²) in [6.07, 6.45) is 3.31. The van der Waals surface area contributed by atoms with E-state index >= 15 is 0 Å². The Kier molecular flexibility index (Phi) is 7.32. The zero-order valence-electron chi connectivity index (χ0n) is 11.6. The summed E-state index contributed by atoms with van der Waals surface area (Å²) in [5.41, 5.74) is 5.82. The fraction of sp³-hybridized carbons (Fsp3) is 0.615. The number of carbonyl (C=O) groups excluding carboxylic acids is 1. The molecule has 0 fully saturated rings. The minimum Gasteiger partial charge on any atom is -0.330 e. The quantitative estimate of drug-likeness (QED) is 0.492. The van der Waals surface area contributed by atoms with Crippen molar-refractivity contribution < 1.29 is 4.79 Å². The zero-order valence-corrected chi connectivity index (χ0v) is 11.6. The first-order valence-electron chi connectivity index (χ1n) is 6.68. The van der Waals surface area contributed by atoms with Gasteiger partial charge in [-0.15, -0.1) is 10.2 Å². The Hall–Kier alpha value is -1.91. The second-order valence-corrected chi connectivity index (χ2v) is 4.70. The minimum absolute atomic E-state index is 0.123. The lowest BCUT2D eigenvalue weighted by Crippen LogP contribution is -2.39. The van der Waals surface area contributed by atoms with E-state index in [9.17, 15) is 4.79 Å². The van der Waals surface area contributed by atoms with Gasteiger partial charge in [0.1, 0.15) is 5.69 Å². The van der Waals surface area contributed by atoms with Crippen molar-refractivity contribution in [3.05, 3.63) is 18.0 Å². The molecule has 2 atom stereocenters. The standard InChI is InChI=1S/C13H20N6O/c1-10(3-6-15)9-12(16-7-2-5-14)13(20)11-4-8-17-19-18-11/h4,8,10,12,16H,2-3,6-7,9,15H2,1H3/t10?,12-/m0/s1. The number of hydrogen-bond acceptors (Lipinski definition) is 7. The molecule has 1 rings (SSSR count). The molecule has 1 aromatic rings. The SMILES string of the molecule is CC(CCN)C[C@H](NCCC#N)C(=O)c1ccnnn1. The van der Waals surface area contributed by atoms with Crippen LogP contribution < -0.4 is 11.1 Å². The first-order valence-corrected chi connectivity index (χ1v) is 6.68. The molecule has 0 bridgehead atoms. The topological polar surface area (TPSA) is 118 Å². The number of nitrogens with two attached hydrogens (primary N) is 1. The van der Waals surface area contributed by atoms with E-state index in [1.807, 2.05) is 6.07 Å². The van der Waals surface area contributed by atoms with Crippen molar-refractivity contribution in [1.82, 2.24) is 20.7 Å². The lowest BCUT2D eigenvalue weighted by atomic mass is 9.94. The molecule has 0 aromatic carbocycles. The number of aromatic nitrogens is 3. The van der Waals surface area contributed by atoms with Gasteiger partial charge in [0.05, 0.1) is 18.3 Å². The molecule has 0 saturated heterocycles. The van der Waals surface area contributed by atoms with Crippen molar-refractivity contribution in [3.8, 4) is 6.07 Å². The van der Waals surface area contributed by atoms with Gasteiger partial charge in [0, 0.05) is 13.0 Å². The third kappa shape index (κ3) is 5.38. The van der Waals surface area contributed by atoms with Gasteiger partial charge in [-0.05, 0) is 36.6 Å². The Morgan fingerprint density at radius 2 is 2.40 bits per heavy atom. The van der Waals surface area contributed by atoms with E-state index in [0.29, 0.717) is 31.8 Å². The maximum atomic E-state index is 12.4. The normalized spacial score (nSPS) is 13.4. The molecular weight excluding hydrogens is 256 g/mol. The van der Waals surface area contributed by atoms with E-state index in [2.05, 4.69) is 27.7 Å². The number of ketones is 1. The predicted molar refractivity (Wildman–Crippen MR) is 73.6 cm³/mol. The summed E-state index contributed by atoms with van der Waals surface area (Å²) < 4.78 is 0. The summed E-state index contributed by atoms with van der Waals surface area (Å²) in [5.74, 6) is 0.194. The number of hydrogen-bond donors (Lipinski definition) is 2. The number of Topliss-reactive ketones (excluding diaryl/α,β-unsaturated/α-hetero) is 1. The smallest absolute Gasteiger partial charge is 0.200 e. The molecule has 0 aliphatic heterocycles.